The Bertz CT molecular complexity index is 582. The van der Waals surface area contributed by atoms with Crippen LogP contribution in [0.1, 0.15) is 13.8 Å². The second kappa shape index (κ2) is 7.14. The molecule has 3 nitrogen and oxygen atoms in total. The summed E-state index contributed by atoms with van der Waals surface area (Å²) in [5.41, 5.74) is 3.88. The van der Waals surface area contributed by atoms with E-state index in [0.29, 0.717) is 0 Å². The van der Waals surface area contributed by atoms with Gasteiger partial charge < -0.3 is 0 Å². The Morgan fingerprint density at radius 3 is 1.55 bits per heavy atom. The van der Waals surface area contributed by atoms with Crippen molar-refractivity contribution in [2.24, 2.45) is 0 Å². The predicted octanol–water partition coefficient (Wildman–Crippen LogP) is 4.23. The maximum atomic E-state index is 4.63. The average Bonchev–Trinajstić information content (AvgIpc) is 2.58. The molecule has 0 bridgehead atoms. The molecule has 0 saturated heterocycles. The summed E-state index contributed by atoms with van der Waals surface area (Å²) in [6.07, 6.45) is 7.15. The van der Waals surface area contributed by atoms with Gasteiger partial charge in [-0.2, -0.15) is 0 Å². The van der Waals surface area contributed by atoms with E-state index in [1.54, 1.807) is 12.4 Å². The van der Waals surface area contributed by atoms with Crippen molar-refractivity contribution < 1.29 is 0 Å². The average molecular weight is 263 g/mol. The fraction of sp³-hybridized carbons (Fsp3) is 0.118. The lowest BCUT2D eigenvalue weighted by molar-refractivity contribution is 1.26. The third kappa shape index (κ3) is 3.26. The lowest BCUT2D eigenvalue weighted by Gasteiger charge is -2.04. The largest absolute Gasteiger partial charge is 0.264 e. The molecule has 0 amide bonds. The van der Waals surface area contributed by atoms with Crippen molar-refractivity contribution in [1.29, 1.82) is 0 Å². The molecule has 100 valence electrons. The first-order valence-electron chi connectivity index (χ1n) is 6.71. The predicted molar refractivity (Wildman–Crippen MR) is 82.0 cm³/mol. The van der Waals surface area contributed by atoms with Gasteiger partial charge >= 0.3 is 0 Å². The van der Waals surface area contributed by atoms with Gasteiger partial charge in [-0.05, 0) is 36.4 Å². The van der Waals surface area contributed by atoms with E-state index in [4.69, 9.17) is 0 Å². The standard InChI is InChI=1S/C15H11N3.C2H6/c1-6-14(12-4-2-8-16-10-12)18-15(7-1)13-5-3-9-17-11-13;1-2/h1-11H;1-2H3. The van der Waals surface area contributed by atoms with Gasteiger partial charge in [-0.15, -0.1) is 0 Å². The van der Waals surface area contributed by atoms with Gasteiger partial charge in [0, 0.05) is 35.9 Å². The van der Waals surface area contributed by atoms with Gasteiger partial charge in [0.05, 0.1) is 11.4 Å². The van der Waals surface area contributed by atoms with Crippen molar-refractivity contribution in [3.8, 4) is 22.5 Å². The first-order chi connectivity index (χ1) is 9.93. The summed E-state index contributed by atoms with van der Waals surface area (Å²) >= 11 is 0. The van der Waals surface area contributed by atoms with E-state index in [9.17, 15) is 0 Å². The Morgan fingerprint density at radius 2 is 1.15 bits per heavy atom. The van der Waals surface area contributed by atoms with Crippen LogP contribution >= 0.6 is 0 Å². The fourth-order valence-electron chi connectivity index (χ4n) is 1.78. The van der Waals surface area contributed by atoms with E-state index in [1.807, 2.05) is 68.7 Å². The Morgan fingerprint density at radius 1 is 0.650 bits per heavy atom. The van der Waals surface area contributed by atoms with Crippen LogP contribution < -0.4 is 0 Å². The molecule has 0 aliphatic carbocycles. The summed E-state index contributed by atoms with van der Waals surface area (Å²) < 4.78 is 0. The number of aromatic nitrogens is 3. The van der Waals surface area contributed by atoms with Gasteiger partial charge in [-0.1, -0.05) is 19.9 Å². The minimum Gasteiger partial charge on any atom is -0.264 e. The number of nitrogens with zero attached hydrogens (tertiary/aromatic N) is 3. The highest BCUT2D eigenvalue weighted by atomic mass is 14.7. The minimum absolute atomic E-state index is 0.921. The number of hydrogen-bond acceptors (Lipinski definition) is 3. The topological polar surface area (TPSA) is 38.7 Å². The first-order valence-corrected chi connectivity index (χ1v) is 6.71. The zero-order chi connectivity index (χ0) is 14.2. The van der Waals surface area contributed by atoms with Crippen LogP contribution in [0.3, 0.4) is 0 Å². The van der Waals surface area contributed by atoms with Gasteiger partial charge in [-0.25, -0.2) is 4.98 Å². The van der Waals surface area contributed by atoms with E-state index >= 15 is 0 Å². The van der Waals surface area contributed by atoms with E-state index in [0.717, 1.165) is 22.5 Å². The molecule has 0 N–H and O–H groups in total. The van der Waals surface area contributed by atoms with Crippen LogP contribution in [-0.4, -0.2) is 15.0 Å². The molecule has 0 radical (unpaired) electrons. The molecule has 3 heterocycles. The lowest BCUT2D eigenvalue weighted by Crippen LogP contribution is -1.88. The van der Waals surface area contributed by atoms with Crippen LogP contribution in [-0.2, 0) is 0 Å². The third-order valence-electron chi connectivity index (χ3n) is 2.66. The summed E-state index contributed by atoms with van der Waals surface area (Å²) in [6, 6.07) is 13.8. The van der Waals surface area contributed by atoms with Gasteiger partial charge in [0.25, 0.3) is 0 Å². The molecule has 20 heavy (non-hydrogen) atoms. The highest BCUT2D eigenvalue weighted by Crippen LogP contribution is 2.20. The van der Waals surface area contributed by atoms with Gasteiger partial charge in [0.2, 0.25) is 0 Å². The van der Waals surface area contributed by atoms with Crippen LogP contribution in [0.15, 0.2) is 67.3 Å². The molecule has 3 aromatic heterocycles. The van der Waals surface area contributed by atoms with Gasteiger partial charge in [-0.3, -0.25) is 9.97 Å². The molecule has 0 aliphatic rings. The van der Waals surface area contributed by atoms with Crippen LogP contribution in [0.4, 0.5) is 0 Å². The molecule has 0 unspecified atom stereocenters. The van der Waals surface area contributed by atoms with Crippen molar-refractivity contribution in [3.05, 3.63) is 67.3 Å². The molecule has 0 aromatic carbocycles. The summed E-state index contributed by atoms with van der Waals surface area (Å²) in [7, 11) is 0. The van der Waals surface area contributed by atoms with Crippen LogP contribution in [0.2, 0.25) is 0 Å². The Balaban J connectivity index is 0.000000704. The molecule has 0 spiro atoms. The molecule has 0 fully saturated rings. The van der Waals surface area contributed by atoms with E-state index in [1.165, 1.54) is 0 Å². The van der Waals surface area contributed by atoms with Crippen LogP contribution in [0.5, 0.6) is 0 Å². The molecule has 3 heteroatoms. The lowest BCUT2D eigenvalue weighted by atomic mass is 10.1. The van der Waals surface area contributed by atoms with Gasteiger partial charge in [0.15, 0.2) is 0 Å². The Kier molecular flexibility index (Phi) is 4.95. The molecule has 0 atom stereocenters. The Labute approximate surface area is 119 Å². The molecule has 3 rings (SSSR count). The zero-order valence-corrected chi connectivity index (χ0v) is 11.7. The quantitative estimate of drug-likeness (QED) is 0.694. The highest BCUT2D eigenvalue weighted by molar-refractivity contribution is 5.64. The second-order valence-corrected chi connectivity index (χ2v) is 3.89. The second-order valence-electron chi connectivity index (χ2n) is 3.89. The maximum Gasteiger partial charge on any atom is 0.0725 e. The van der Waals surface area contributed by atoms with Crippen LogP contribution in [0.25, 0.3) is 22.5 Å². The van der Waals surface area contributed by atoms with E-state index < -0.39 is 0 Å². The van der Waals surface area contributed by atoms with Crippen LogP contribution in [0, 0.1) is 0 Å². The highest BCUT2D eigenvalue weighted by Gasteiger charge is 2.02. The number of hydrogen-bond donors (Lipinski definition) is 0. The molecule has 3 aromatic rings. The SMILES string of the molecule is CC.c1cncc(-c2cccc(-c3cccnc3)n2)c1. The van der Waals surface area contributed by atoms with Crippen molar-refractivity contribution >= 4 is 0 Å². The van der Waals surface area contributed by atoms with Gasteiger partial charge in [0.1, 0.15) is 0 Å². The van der Waals surface area contributed by atoms with E-state index in [2.05, 4.69) is 15.0 Å². The summed E-state index contributed by atoms with van der Waals surface area (Å²) in [4.78, 5) is 12.9. The molecular weight excluding hydrogens is 246 g/mol. The first kappa shape index (κ1) is 13.9. The normalized spacial score (nSPS) is 9.50. The molecule has 0 aliphatic heterocycles. The summed E-state index contributed by atoms with van der Waals surface area (Å²) in [5.74, 6) is 0. The van der Waals surface area contributed by atoms with Crippen molar-refractivity contribution in [2.75, 3.05) is 0 Å². The summed E-state index contributed by atoms with van der Waals surface area (Å²) in [6.45, 7) is 4.00. The van der Waals surface area contributed by atoms with Crippen molar-refractivity contribution in [1.82, 2.24) is 15.0 Å². The minimum atomic E-state index is 0.921. The summed E-state index contributed by atoms with van der Waals surface area (Å²) in [5, 5.41) is 0. The molecular formula is C17H17N3. The fourth-order valence-corrected chi connectivity index (χ4v) is 1.78. The zero-order valence-electron chi connectivity index (χ0n) is 11.7. The monoisotopic (exact) mass is 263 g/mol. The smallest absolute Gasteiger partial charge is 0.0725 e. The third-order valence-corrected chi connectivity index (χ3v) is 2.66. The Hall–Kier alpha value is -2.55. The maximum absolute atomic E-state index is 4.63. The molecule has 0 saturated carbocycles. The number of pyridine rings is 3. The van der Waals surface area contributed by atoms with Crippen molar-refractivity contribution in [2.45, 2.75) is 13.8 Å². The van der Waals surface area contributed by atoms with E-state index in [-0.39, 0.29) is 0 Å². The van der Waals surface area contributed by atoms with Crippen molar-refractivity contribution in [3.63, 3.8) is 0 Å². The number of rotatable bonds is 2.